The molecule has 0 aliphatic carbocycles. The van der Waals surface area contributed by atoms with Gasteiger partial charge in [0.15, 0.2) is 5.82 Å². The molecule has 0 aliphatic heterocycles. The fourth-order valence-electron chi connectivity index (χ4n) is 1.54. The van der Waals surface area contributed by atoms with E-state index in [-0.39, 0.29) is 27.2 Å². The molecular formula is C11H9Cl2FN2O2S2. The van der Waals surface area contributed by atoms with Gasteiger partial charge in [0.05, 0.1) is 15.7 Å². The first kappa shape index (κ1) is 15.5. The van der Waals surface area contributed by atoms with Crippen molar-refractivity contribution >= 4 is 50.2 Å². The molecule has 0 unspecified atom stereocenters. The summed E-state index contributed by atoms with van der Waals surface area (Å²) < 4.78 is 40.0. The lowest BCUT2D eigenvalue weighted by atomic mass is 10.3. The minimum atomic E-state index is -3.82. The molecule has 1 heterocycles. The van der Waals surface area contributed by atoms with Gasteiger partial charge in [-0.1, -0.05) is 23.2 Å². The summed E-state index contributed by atoms with van der Waals surface area (Å²) in [5.41, 5.74) is 5.56. The van der Waals surface area contributed by atoms with Gasteiger partial charge < -0.3 is 5.73 Å². The maximum atomic E-state index is 13.3. The highest BCUT2D eigenvalue weighted by molar-refractivity contribution is 7.93. The maximum absolute atomic E-state index is 13.3. The molecule has 1 aromatic carbocycles. The van der Waals surface area contributed by atoms with Gasteiger partial charge in [-0.15, -0.1) is 11.3 Å². The molecule has 108 valence electrons. The first-order valence-corrected chi connectivity index (χ1v) is 8.41. The van der Waals surface area contributed by atoms with Crippen molar-refractivity contribution in [3.8, 4) is 0 Å². The van der Waals surface area contributed by atoms with Gasteiger partial charge in [0.2, 0.25) is 0 Å². The number of sulfonamides is 1. The van der Waals surface area contributed by atoms with Crippen LogP contribution in [-0.2, 0) is 16.6 Å². The predicted octanol–water partition coefficient (Wildman–Crippen LogP) is 3.45. The summed E-state index contributed by atoms with van der Waals surface area (Å²) in [6.07, 6.45) is 0. The minimum absolute atomic E-state index is 0.0792. The Hall–Kier alpha value is -0.860. The van der Waals surface area contributed by atoms with Gasteiger partial charge in [0.25, 0.3) is 10.0 Å². The molecule has 0 aliphatic rings. The second-order valence-corrected chi connectivity index (χ2v) is 7.24. The van der Waals surface area contributed by atoms with Gasteiger partial charge in [0.1, 0.15) is 4.90 Å². The van der Waals surface area contributed by atoms with Gasteiger partial charge in [-0.2, -0.15) is 0 Å². The standard InChI is InChI=1S/C11H9Cl2FN2O2S2/c12-7-3-6(4-8(13)11(7)14)16-20(17,18)10-1-2-19-9(10)5-15/h1-4,16H,5,15H2. The van der Waals surface area contributed by atoms with E-state index in [4.69, 9.17) is 28.9 Å². The van der Waals surface area contributed by atoms with E-state index in [1.165, 1.54) is 17.4 Å². The maximum Gasteiger partial charge on any atom is 0.263 e. The molecule has 0 radical (unpaired) electrons. The molecular weight excluding hydrogens is 346 g/mol. The number of anilines is 1. The molecule has 3 N–H and O–H groups in total. The van der Waals surface area contributed by atoms with E-state index in [9.17, 15) is 12.8 Å². The van der Waals surface area contributed by atoms with Crippen molar-refractivity contribution in [3.05, 3.63) is 44.3 Å². The van der Waals surface area contributed by atoms with Crippen LogP contribution in [0.1, 0.15) is 4.88 Å². The normalized spacial score (nSPS) is 11.6. The molecule has 20 heavy (non-hydrogen) atoms. The zero-order valence-corrected chi connectivity index (χ0v) is 13.0. The smallest absolute Gasteiger partial charge is 0.263 e. The third-order valence-corrected chi connectivity index (χ3v) is 5.50. The lowest BCUT2D eigenvalue weighted by Crippen LogP contribution is -2.14. The highest BCUT2D eigenvalue weighted by Crippen LogP contribution is 2.30. The third-order valence-electron chi connectivity index (χ3n) is 2.42. The van der Waals surface area contributed by atoms with E-state index >= 15 is 0 Å². The Bertz CT molecular complexity index is 724. The van der Waals surface area contributed by atoms with E-state index in [0.717, 1.165) is 12.1 Å². The predicted molar refractivity (Wildman–Crippen MR) is 79.4 cm³/mol. The number of rotatable bonds is 4. The number of halogens is 3. The number of thiophene rings is 1. The Labute approximate surface area is 129 Å². The number of benzene rings is 1. The lowest BCUT2D eigenvalue weighted by Gasteiger charge is -2.09. The molecule has 0 saturated heterocycles. The van der Waals surface area contributed by atoms with Crippen LogP contribution in [0.4, 0.5) is 10.1 Å². The monoisotopic (exact) mass is 354 g/mol. The Balaban J connectivity index is 2.39. The van der Waals surface area contributed by atoms with Crippen molar-refractivity contribution in [1.82, 2.24) is 0 Å². The molecule has 0 saturated carbocycles. The van der Waals surface area contributed by atoms with Crippen molar-refractivity contribution in [1.29, 1.82) is 0 Å². The van der Waals surface area contributed by atoms with Crippen molar-refractivity contribution in [3.63, 3.8) is 0 Å². The molecule has 0 bridgehead atoms. The summed E-state index contributed by atoms with van der Waals surface area (Å²) in [6.45, 7) is 0.110. The first-order valence-electron chi connectivity index (χ1n) is 5.29. The highest BCUT2D eigenvalue weighted by Gasteiger charge is 2.20. The molecule has 0 spiro atoms. The van der Waals surface area contributed by atoms with E-state index < -0.39 is 15.8 Å². The molecule has 1 aromatic heterocycles. The molecule has 2 aromatic rings. The van der Waals surface area contributed by atoms with Crippen molar-refractivity contribution < 1.29 is 12.8 Å². The molecule has 0 amide bonds. The van der Waals surface area contributed by atoms with Gasteiger partial charge in [-0.05, 0) is 23.6 Å². The largest absolute Gasteiger partial charge is 0.326 e. The second-order valence-electron chi connectivity index (χ2n) is 3.77. The average molecular weight is 355 g/mol. The van der Waals surface area contributed by atoms with Crippen LogP contribution in [0.25, 0.3) is 0 Å². The van der Waals surface area contributed by atoms with Crippen LogP contribution in [0.3, 0.4) is 0 Å². The zero-order chi connectivity index (χ0) is 14.9. The Morgan fingerprint density at radius 1 is 1.30 bits per heavy atom. The molecule has 0 atom stereocenters. The third kappa shape index (κ3) is 3.07. The summed E-state index contributed by atoms with van der Waals surface area (Å²) >= 11 is 12.5. The van der Waals surface area contributed by atoms with E-state index in [2.05, 4.69) is 4.72 Å². The van der Waals surface area contributed by atoms with Gasteiger partial charge >= 0.3 is 0 Å². The quantitative estimate of drug-likeness (QED) is 0.825. The average Bonchev–Trinajstić information content (AvgIpc) is 2.84. The summed E-state index contributed by atoms with van der Waals surface area (Å²) in [5, 5.41) is 1.10. The van der Waals surface area contributed by atoms with Crippen LogP contribution in [0.5, 0.6) is 0 Å². The summed E-state index contributed by atoms with van der Waals surface area (Å²) in [7, 11) is -3.82. The lowest BCUT2D eigenvalue weighted by molar-refractivity contribution is 0.600. The molecule has 4 nitrogen and oxygen atoms in total. The van der Waals surface area contributed by atoms with Crippen LogP contribution < -0.4 is 10.5 Å². The fraction of sp³-hybridized carbons (Fsp3) is 0.0909. The van der Waals surface area contributed by atoms with Crippen molar-refractivity contribution in [2.75, 3.05) is 4.72 Å². The first-order chi connectivity index (χ1) is 9.35. The molecule has 2 rings (SSSR count). The number of nitrogens with one attached hydrogen (secondary N) is 1. The number of hydrogen-bond donors (Lipinski definition) is 2. The van der Waals surface area contributed by atoms with Crippen LogP contribution in [0, 0.1) is 5.82 Å². The van der Waals surface area contributed by atoms with Gasteiger partial charge in [0, 0.05) is 11.4 Å². The topological polar surface area (TPSA) is 72.2 Å². The Morgan fingerprint density at radius 2 is 1.90 bits per heavy atom. The SMILES string of the molecule is NCc1sccc1S(=O)(=O)Nc1cc(Cl)c(F)c(Cl)c1. The van der Waals surface area contributed by atoms with E-state index in [1.54, 1.807) is 5.38 Å². The van der Waals surface area contributed by atoms with E-state index in [0.29, 0.717) is 4.88 Å². The number of hydrogen-bond acceptors (Lipinski definition) is 4. The van der Waals surface area contributed by atoms with Crippen LogP contribution in [-0.4, -0.2) is 8.42 Å². The zero-order valence-electron chi connectivity index (χ0n) is 9.86. The van der Waals surface area contributed by atoms with Crippen LogP contribution in [0.15, 0.2) is 28.5 Å². The fourth-order valence-corrected chi connectivity index (χ4v) is 4.41. The minimum Gasteiger partial charge on any atom is -0.326 e. The van der Waals surface area contributed by atoms with Crippen LogP contribution in [0.2, 0.25) is 10.0 Å². The molecule has 0 fully saturated rings. The Kier molecular flexibility index (Phi) is 4.55. The highest BCUT2D eigenvalue weighted by atomic mass is 35.5. The van der Waals surface area contributed by atoms with Gasteiger partial charge in [-0.25, -0.2) is 12.8 Å². The van der Waals surface area contributed by atoms with Crippen molar-refractivity contribution in [2.24, 2.45) is 5.73 Å². The molecule has 9 heteroatoms. The number of nitrogens with two attached hydrogens (primary N) is 1. The van der Waals surface area contributed by atoms with Crippen molar-refractivity contribution in [2.45, 2.75) is 11.4 Å². The van der Waals surface area contributed by atoms with Gasteiger partial charge in [-0.3, -0.25) is 4.72 Å². The second kappa shape index (κ2) is 5.87. The van der Waals surface area contributed by atoms with E-state index in [1.807, 2.05) is 0 Å². The van der Waals surface area contributed by atoms with Crippen LogP contribution >= 0.6 is 34.5 Å². The summed E-state index contributed by atoms with van der Waals surface area (Å²) in [6, 6.07) is 3.74. The Morgan fingerprint density at radius 3 is 2.45 bits per heavy atom. The summed E-state index contributed by atoms with van der Waals surface area (Å²) in [4.78, 5) is 0.610. The summed E-state index contributed by atoms with van der Waals surface area (Å²) in [5.74, 6) is -0.797.